The fraction of sp³-hybridized carbons (Fsp3) is 0.600. The van der Waals surface area contributed by atoms with E-state index < -0.39 is 0 Å². The highest BCUT2D eigenvalue weighted by Crippen LogP contribution is 2.45. The molecule has 1 aromatic carbocycles. The summed E-state index contributed by atoms with van der Waals surface area (Å²) in [6, 6.07) is 9.85. The summed E-state index contributed by atoms with van der Waals surface area (Å²) in [5.74, 6) is 0. The maximum atomic E-state index is 5.46. The highest BCUT2D eigenvalue weighted by atomic mass is 16.5. The molecule has 1 aromatic rings. The fourth-order valence-corrected chi connectivity index (χ4v) is 3.21. The zero-order valence-corrected chi connectivity index (χ0v) is 10.7. The third-order valence-corrected chi connectivity index (χ3v) is 4.13. The van der Waals surface area contributed by atoms with Crippen molar-refractivity contribution in [1.29, 1.82) is 0 Å². The minimum atomic E-state index is 0.312. The Kier molecular flexibility index (Phi) is 2.72. The maximum Gasteiger partial charge on any atom is 0.0620 e. The standard InChI is InChI=1S/C15H21NO/c1-15(2)9-11-5-3-4-6-13(11)14(15)16-12-7-8-17-10-12/h3-6,12,14,16H,7-10H2,1-2H3. The Morgan fingerprint density at radius 2 is 2.12 bits per heavy atom. The molecule has 0 bridgehead atoms. The SMILES string of the molecule is CC1(C)Cc2ccccc2C1NC1CCOC1. The minimum Gasteiger partial charge on any atom is -0.380 e. The van der Waals surface area contributed by atoms with Gasteiger partial charge in [-0.15, -0.1) is 0 Å². The fourth-order valence-electron chi connectivity index (χ4n) is 3.21. The van der Waals surface area contributed by atoms with Crippen molar-refractivity contribution in [3.63, 3.8) is 0 Å². The lowest BCUT2D eigenvalue weighted by Gasteiger charge is -2.31. The van der Waals surface area contributed by atoms with E-state index in [1.165, 1.54) is 17.5 Å². The Balaban J connectivity index is 1.85. The van der Waals surface area contributed by atoms with Gasteiger partial charge in [-0.25, -0.2) is 0 Å². The molecule has 1 aliphatic heterocycles. The molecular formula is C15H21NO. The molecule has 1 heterocycles. The average molecular weight is 231 g/mol. The lowest BCUT2D eigenvalue weighted by Crippen LogP contribution is -2.38. The third kappa shape index (κ3) is 2.00. The van der Waals surface area contributed by atoms with E-state index in [4.69, 9.17) is 4.74 Å². The number of hydrogen-bond donors (Lipinski definition) is 1. The summed E-state index contributed by atoms with van der Waals surface area (Å²) in [6.07, 6.45) is 2.32. The number of nitrogens with one attached hydrogen (secondary N) is 1. The number of ether oxygens (including phenoxy) is 1. The van der Waals surface area contributed by atoms with E-state index in [1.54, 1.807) is 0 Å². The van der Waals surface area contributed by atoms with Crippen molar-refractivity contribution < 1.29 is 4.74 Å². The number of benzene rings is 1. The average Bonchev–Trinajstić information content (AvgIpc) is 2.86. The van der Waals surface area contributed by atoms with Crippen molar-refractivity contribution in [3.8, 4) is 0 Å². The van der Waals surface area contributed by atoms with Crippen LogP contribution in [0.5, 0.6) is 0 Å². The second-order valence-electron chi connectivity index (χ2n) is 6.02. The van der Waals surface area contributed by atoms with Crippen molar-refractivity contribution in [2.45, 2.75) is 38.8 Å². The molecule has 2 atom stereocenters. The van der Waals surface area contributed by atoms with E-state index in [2.05, 4.69) is 43.4 Å². The Bertz CT molecular complexity index is 407. The quantitative estimate of drug-likeness (QED) is 0.845. The lowest BCUT2D eigenvalue weighted by molar-refractivity contribution is 0.179. The number of fused-ring (bicyclic) bond motifs is 1. The molecule has 2 nitrogen and oxygen atoms in total. The topological polar surface area (TPSA) is 21.3 Å². The summed E-state index contributed by atoms with van der Waals surface area (Å²) >= 11 is 0. The van der Waals surface area contributed by atoms with Gasteiger partial charge in [-0.3, -0.25) is 0 Å². The van der Waals surface area contributed by atoms with Crippen molar-refractivity contribution >= 4 is 0 Å². The number of rotatable bonds is 2. The van der Waals surface area contributed by atoms with Gasteiger partial charge in [0.15, 0.2) is 0 Å². The van der Waals surface area contributed by atoms with Crippen LogP contribution in [0.1, 0.15) is 37.4 Å². The van der Waals surface area contributed by atoms with Gasteiger partial charge in [-0.2, -0.15) is 0 Å². The molecule has 1 N–H and O–H groups in total. The molecule has 92 valence electrons. The molecule has 0 amide bonds. The van der Waals surface area contributed by atoms with Gasteiger partial charge in [0.25, 0.3) is 0 Å². The predicted molar refractivity (Wildman–Crippen MR) is 69.0 cm³/mol. The monoisotopic (exact) mass is 231 g/mol. The summed E-state index contributed by atoms with van der Waals surface area (Å²) in [5.41, 5.74) is 3.31. The van der Waals surface area contributed by atoms with E-state index in [0.29, 0.717) is 17.5 Å². The van der Waals surface area contributed by atoms with Crippen molar-refractivity contribution in [2.75, 3.05) is 13.2 Å². The highest BCUT2D eigenvalue weighted by molar-refractivity contribution is 5.37. The second-order valence-corrected chi connectivity index (χ2v) is 6.02. The van der Waals surface area contributed by atoms with Crippen LogP contribution in [-0.2, 0) is 11.2 Å². The van der Waals surface area contributed by atoms with Gasteiger partial charge in [0.1, 0.15) is 0 Å². The van der Waals surface area contributed by atoms with Gasteiger partial charge in [0.05, 0.1) is 6.61 Å². The van der Waals surface area contributed by atoms with Crippen LogP contribution in [0.4, 0.5) is 0 Å². The van der Waals surface area contributed by atoms with E-state index in [1.807, 2.05) is 0 Å². The first-order valence-electron chi connectivity index (χ1n) is 6.58. The summed E-state index contributed by atoms with van der Waals surface area (Å²) in [7, 11) is 0. The van der Waals surface area contributed by atoms with Gasteiger partial charge < -0.3 is 10.1 Å². The van der Waals surface area contributed by atoms with Gasteiger partial charge in [-0.05, 0) is 29.4 Å². The molecule has 1 fully saturated rings. The summed E-state index contributed by atoms with van der Waals surface area (Å²) in [4.78, 5) is 0. The predicted octanol–water partition coefficient (Wildman–Crippen LogP) is 2.69. The summed E-state index contributed by atoms with van der Waals surface area (Å²) < 4.78 is 5.46. The molecule has 2 heteroatoms. The smallest absolute Gasteiger partial charge is 0.0620 e. The molecule has 17 heavy (non-hydrogen) atoms. The van der Waals surface area contributed by atoms with Crippen LogP contribution in [0.15, 0.2) is 24.3 Å². The first-order valence-corrected chi connectivity index (χ1v) is 6.58. The van der Waals surface area contributed by atoms with Crippen molar-refractivity contribution in [1.82, 2.24) is 5.32 Å². The van der Waals surface area contributed by atoms with E-state index >= 15 is 0 Å². The van der Waals surface area contributed by atoms with Gasteiger partial charge in [0.2, 0.25) is 0 Å². The molecule has 3 rings (SSSR count). The van der Waals surface area contributed by atoms with Crippen LogP contribution in [-0.4, -0.2) is 19.3 Å². The zero-order valence-electron chi connectivity index (χ0n) is 10.7. The van der Waals surface area contributed by atoms with Crippen molar-refractivity contribution in [3.05, 3.63) is 35.4 Å². The third-order valence-electron chi connectivity index (χ3n) is 4.13. The summed E-state index contributed by atoms with van der Waals surface area (Å²) in [5, 5.41) is 3.80. The Hall–Kier alpha value is -0.860. The Morgan fingerprint density at radius 3 is 2.88 bits per heavy atom. The van der Waals surface area contributed by atoms with Gasteiger partial charge in [-0.1, -0.05) is 38.1 Å². The molecule has 0 radical (unpaired) electrons. The maximum absolute atomic E-state index is 5.46. The lowest BCUT2D eigenvalue weighted by atomic mass is 9.85. The van der Waals surface area contributed by atoms with Gasteiger partial charge >= 0.3 is 0 Å². The van der Waals surface area contributed by atoms with Crippen LogP contribution in [0, 0.1) is 5.41 Å². The van der Waals surface area contributed by atoms with Crippen LogP contribution < -0.4 is 5.32 Å². The second kappa shape index (κ2) is 4.11. The van der Waals surface area contributed by atoms with Crippen LogP contribution in [0.3, 0.4) is 0 Å². The first-order chi connectivity index (χ1) is 8.17. The molecular weight excluding hydrogens is 210 g/mol. The number of hydrogen-bond acceptors (Lipinski definition) is 2. The van der Waals surface area contributed by atoms with E-state index in [9.17, 15) is 0 Å². The Morgan fingerprint density at radius 1 is 1.29 bits per heavy atom. The van der Waals surface area contributed by atoms with E-state index in [0.717, 1.165) is 19.6 Å². The van der Waals surface area contributed by atoms with Crippen LogP contribution >= 0.6 is 0 Å². The summed E-state index contributed by atoms with van der Waals surface area (Å²) in [6.45, 7) is 6.50. The zero-order chi connectivity index (χ0) is 11.9. The van der Waals surface area contributed by atoms with Crippen molar-refractivity contribution in [2.24, 2.45) is 5.41 Å². The molecule has 0 aromatic heterocycles. The van der Waals surface area contributed by atoms with Gasteiger partial charge in [0, 0.05) is 18.7 Å². The molecule has 0 saturated carbocycles. The Labute approximate surface area is 103 Å². The molecule has 1 saturated heterocycles. The highest BCUT2D eigenvalue weighted by Gasteiger charge is 2.39. The first kappa shape index (κ1) is 11.2. The van der Waals surface area contributed by atoms with Crippen LogP contribution in [0.25, 0.3) is 0 Å². The molecule has 0 spiro atoms. The minimum absolute atomic E-state index is 0.312. The van der Waals surface area contributed by atoms with Crippen LogP contribution in [0.2, 0.25) is 0 Å². The normalized spacial score (nSPS) is 30.5. The van der Waals surface area contributed by atoms with E-state index in [-0.39, 0.29) is 0 Å². The molecule has 2 aliphatic rings. The molecule has 2 unspecified atom stereocenters. The largest absolute Gasteiger partial charge is 0.380 e. The molecule has 1 aliphatic carbocycles.